The van der Waals surface area contributed by atoms with Crippen molar-refractivity contribution >= 4 is 35.0 Å². The first-order chi connectivity index (χ1) is 14.5. The van der Waals surface area contributed by atoms with Gasteiger partial charge in [0.15, 0.2) is 18.0 Å². The van der Waals surface area contributed by atoms with Crippen molar-refractivity contribution < 1.29 is 26.9 Å². The third-order valence-electron chi connectivity index (χ3n) is 3.62. The minimum absolute atomic E-state index is 0.185. The molecule has 0 saturated heterocycles. The van der Waals surface area contributed by atoms with Crippen LogP contribution < -0.4 is 9.07 Å². The van der Waals surface area contributed by atoms with Crippen LogP contribution in [0.15, 0.2) is 81.6 Å². The zero-order valence-corrected chi connectivity index (χ0v) is 17.3. The maximum absolute atomic E-state index is 12.0. The third-order valence-corrected chi connectivity index (χ3v) is 4.69. The lowest BCUT2D eigenvalue weighted by Gasteiger charge is -2.02. The molecule has 1 heterocycles. The average molecular weight is 447 g/mol. The molecule has 2 aromatic carbocycles. The monoisotopic (exact) mass is 447 g/mol. The molecule has 0 saturated carbocycles. The van der Waals surface area contributed by atoms with Gasteiger partial charge in [-0.1, -0.05) is 40.7 Å². The normalized spacial score (nSPS) is 11.9. The van der Waals surface area contributed by atoms with Crippen molar-refractivity contribution in [2.75, 3.05) is 0 Å². The summed E-state index contributed by atoms with van der Waals surface area (Å²) >= 11 is 0.664. The summed E-state index contributed by atoms with van der Waals surface area (Å²) in [7, 11) is -2.39. The van der Waals surface area contributed by atoms with Gasteiger partial charge in [0.05, 0.1) is 23.8 Å². The summed E-state index contributed by atoms with van der Waals surface area (Å²) in [5.41, 5.74) is 1.21. The number of aromatic nitrogens is 1. The molecular weight excluding hydrogens is 430 g/mol. The molecule has 0 aliphatic rings. The molecule has 0 atom stereocenters. The van der Waals surface area contributed by atoms with Crippen LogP contribution in [0.2, 0.25) is 0 Å². The Kier molecular flexibility index (Phi) is 7.63. The second kappa shape index (κ2) is 10.6. The zero-order chi connectivity index (χ0) is 21.2. The lowest BCUT2D eigenvalue weighted by atomic mass is 10.3. The molecule has 0 aliphatic carbocycles. The summed E-state index contributed by atoms with van der Waals surface area (Å²) in [6.45, 7) is 0. The molecule has 1 aromatic heterocycles. The SMILES string of the molecule is Cn1c(C=NSOOOc2ccccc2)ccc1/C=N/S(=O)(=O)Oc1ccccc1. The van der Waals surface area contributed by atoms with E-state index in [0.717, 1.165) is 0 Å². The van der Waals surface area contributed by atoms with Gasteiger partial charge < -0.3 is 13.6 Å². The van der Waals surface area contributed by atoms with Gasteiger partial charge in [-0.3, -0.25) is 0 Å². The van der Waals surface area contributed by atoms with Crippen LogP contribution in [0.25, 0.3) is 0 Å². The first-order valence-electron chi connectivity index (χ1n) is 8.49. The molecule has 156 valence electrons. The van der Waals surface area contributed by atoms with Gasteiger partial charge in [-0.25, -0.2) is 0 Å². The largest absolute Gasteiger partial charge is 0.428 e. The third kappa shape index (κ3) is 6.74. The van der Waals surface area contributed by atoms with Crippen molar-refractivity contribution in [1.82, 2.24) is 4.57 Å². The maximum atomic E-state index is 12.0. The Morgan fingerprint density at radius 3 is 2.13 bits per heavy atom. The lowest BCUT2D eigenvalue weighted by molar-refractivity contribution is -0.403. The summed E-state index contributed by atoms with van der Waals surface area (Å²) in [6, 6.07) is 20.4. The first kappa shape index (κ1) is 21.6. The van der Waals surface area contributed by atoms with E-state index in [0.29, 0.717) is 29.4 Å². The summed E-state index contributed by atoms with van der Waals surface area (Å²) in [5.74, 6) is 0.671. The second-order valence-corrected chi connectivity index (χ2v) is 7.37. The van der Waals surface area contributed by atoms with E-state index >= 15 is 0 Å². The average Bonchev–Trinajstić information content (AvgIpc) is 3.10. The number of hydrogen-bond donors (Lipinski definition) is 0. The minimum atomic E-state index is -4.12. The highest BCUT2D eigenvalue weighted by Crippen LogP contribution is 2.14. The Morgan fingerprint density at radius 1 is 0.867 bits per heavy atom. The first-order valence-corrected chi connectivity index (χ1v) is 10.6. The molecule has 0 unspecified atom stereocenters. The van der Waals surface area contributed by atoms with E-state index in [1.54, 1.807) is 66.2 Å². The number of hydrogen-bond acceptors (Lipinski definition) is 8. The van der Waals surface area contributed by atoms with Gasteiger partial charge >= 0.3 is 10.3 Å². The molecule has 3 aromatic rings. The molecule has 0 spiro atoms. The fourth-order valence-electron chi connectivity index (χ4n) is 2.18. The summed E-state index contributed by atoms with van der Waals surface area (Å²) in [4.78, 5) is 4.88. The van der Waals surface area contributed by atoms with E-state index in [-0.39, 0.29) is 5.75 Å². The van der Waals surface area contributed by atoms with Gasteiger partial charge in [-0.2, -0.15) is 12.8 Å². The predicted molar refractivity (Wildman–Crippen MR) is 113 cm³/mol. The van der Waals surface area contributed by atoms with E-state index in [2.05, 4.69) is 13.8 Å². The fraction of sp³-hybridized carbons (Fsp3) is 0.0526. The van der Waals surface area contributed by atoms with Gasteiger partial charge in [0.25, 0.3) is 0 Å². The molecule has 0 fully saturated rings. The molecule has 0 amide bonds. The van der Waals surface area contributed by atoms with Crippen molar-refractivity contribution in [1.29, 1.82) is 0 Å². The molecular formula is C19H17N3O6S2. The summed E-state index contributed by atoms with van der Waals surface area (Å²) in [5, 5.41) is 4.56. The highest BCUT2D eigenvalue weighted by molar-refractivity contribution is 7.93. The molecule has 30 heavy (non-hydrogen) atoms. The van der Waals surface area contributed by atoms with Crippen molar-refractivity contribution in [3.05, 3.63) is 84.2 Å². The smallest absolute Gasteiger partial charge is 0.366 e. The zero-order valence-electron chi connectivity index (χ0n) is 15.7. The highest BCUT2D eigenvalue weighted by Gasteiger charge is 2.10. The standard InChI is InChI=1S/C19H17N3O6S2/c1-22-16(14-20-29-28-27-25-18-8-4-2-5-9-18)12-13-17(22)15-21-30(23,24)26-19-10-6-3-7-11-19/h2-15H,1H3/b20-14?,21-15+. The van der Waals surface area contributed by atoms with E-state index in [9.17, 15) is 8.42 Å². The number of rotatable bonds is 10. The van der Waals surface area contributed by atoms with E-state index in [4.69, 9.17) is 13.4 Å². The van der Waals surface area contributed by atoms with Crippen molar-refractivity contribution in [3.8, 4) is 11.5 Å². The van der Waals surface area contributed by atoms with Crippen LogP contribution in [-0.2, 0) is 26.7 Å². The van der Waals surface area contributed by atoms with Crippen molar-refractivity contribution in [2.24, 2.45) is 15.8 Å². The molecule has 3 rings (SSSR count). The van der Waals surface area contributed by atoms with Crippen LogP contribution in [0.3, 0.4) is 0 Å². The van der Waals surface area contributed by atoms with Crippen molar-refractivity contribution in [3.63, 3.8) is 0 Å². The topological polar surface area (TPSA) is 101 Å². The Bertz CT molecular complexity index is 1100. The number of nitrogens with zero attached hydrogens (tertiary/aromatic N) is 3. The second-order valence-electron chi connectivity index (χ2n) is 5.64. The lowest BCUT2D eigenvalue weighted by Crippen LogP contribution is -2.07. The van der Waals surface area contributed by atoms with E-state index < -0.39 is 10.3 Å². The Morgan fingerprint density at radius 2 is 1.47 bits per heavy atom. The van der Waals surface area contributed by atoms with Gasteiger partial charge in [-0.05, 0) is 36.4 Å². The van der Waals surface area contributed by atoms with Gasteiger partial charge in [0.1, 0.15) is 5.75 Å². The minimum Gasteiger partial charge on any atom is -0.366 e. The highest BCUT2D eigenvalue weighted by atomic mass is 32.2. The fourth-order valence-corrected chi connectivity index (χ4v) is 3.05. The molecule has 0 N–H and O–H groups in total. The van der Waals surface area contributed by atoms with E-state index in [1.807, 2.05) is 6.07 Å². The van der Waals surface area contributed by atoms with Crippen molar-refractivity contribution in [2.45, 2.75) is 0 Å². The van der Waals surface area contributed by atoms with Gasteiger partial charge in [0, 0.05) is 12.1 Å². The van der Waals surface area contributed by atoms with Crippen LogP contribution >= 0.6 is 12.2 Å². The van der Waals surface area contributed by atoms with Crippen LogP contribution in [0, 0.1) is 0 Å². The summed E-state index contributed by atoms with van der Waals surface area (Å²) < 4.78 is 42.7. The molecule has 9 nitrogen and oxygen atoms in total. The maximum Gasteiger partial charge on any atom is 0.428 e. The predicted octanol–water partition coefficient (Wildman–Crippen LogP) is 3.69. The van der Waals surface area contributed by atoms with Crippen LogP contribution in [-0.4, -0.2) is 25.4 Å². The van der Waals surface area contributed by atoms with Crippen LogP contribution in [0.1, 0.15) is 11.4 Å². The number of para-hydroxylation sites is 2. The van der Waals surface area contributed by atoms with Gasteiger partial charge in [-0.15, -0.1) is 4.40 Å². The van der Waals surface area contributed by atoms with Crippen LogP contribution in [0.5, 0.6) is 11.5 Å². The quantitative estimate of drug-likeness (QED) is 0.117. The number of benzene rings is 2. The molecule has 11 heteroatoms. The molecule has 0 bridgehead atoms. The van der Waals surface area contributed by atoms with Crippen LogP contribution in [0.4, 0.5) is 0 Å². The Balaban J connectivity index is 1.50. The summed E-state index contributed by atoms with van der Waals surface area (Å²) in [6.07, 6.45) is 2.69. The van der Waals surface area contributed by atoms with E-state index in [1.165, 1.54) is 24.6 Å². The molecule has 0 radical (unpaired) electrons. The Hall–Kier alpha value is -3.12. The molecule has 0 aliphatic heterocycles. The Labute approximate surface area is 178 Å². The van der Waals surface area contributed by atoms with Gasteiger partial charge in [0.2, 0.25) is 0 Å².